The second-order valence-electron chi connectivity index (χ2n) is 5.75. The predicted molar refractivity (Wildman–Crippen MR) is 104 cm³/mol. The van der Waals surface area contributed by atoms with E-state index >= 15 is 0 Å². The van der Waals surface area contributed by atoms with Crippen molar-refractivity contribution in [3.05, 3.63) is 95.5 Å². The Labute approximate surface area is 162 Å². The van der Waals surface area contributed by atoms with Gasteiger partial charge in [-0.05, 0) is 36.2 Å². The van der Waals surface area contributed by atoms with Crippen LogP contribution in [0.5, 0.6) is 11.5 Å². The summed E-state index contributed by atoms with van der Waals surface area (Å²) in [5, 5.41) is 0. The summed E-state index contributed by atoms with van der Waals surface area (Å²) >= 11 is 0. The van der Waals surface area contributed by atoms with Crippen molar-refractivity contribution in [2.45, 2.75) is 20.1 Å². The topological polar surface area (TPSA) is 44.8 Å². The molecule has 0 heterocycles. The van der Waals surface area contributed by atoms with Gasteiger partial charge >= 0.3 is 5.97 Å². The lowest BCUT2D eigenvalue weighted by Crippen LogP contribution is -2.06. The molecule has 27 heavy (non-hydrogen) atoms. The molecule has 3 rings (SSSR count). The highest BCUT2D eigenvalue weighted by atomic mass is 16.5. The number of carbonyl (C=O) groups is 1. The van der Waals surface area contributed by atoms with Crippen LogP contribution in [0.1, 0.15) is 31.2 Å². The van der Waals surface area contributed by atoms with Gasteiger partial charge in [0.05, 0.1) is 14.9 Å². The molecule has 4 heteroatoms. The third-order valence-electron chi connectivity index (χ3n) is 3.75. The van der Waals surface area contributed by atoms with E-state index in [4.69, 9.17) is 17.0 Å². The molecule has 3 aromatic carbocycles. The molecule has 3 aromatic rings. The summed E-state index contributed by atoms with van der Waals surface area (Å²) in [7, 11) is 0. The smallest absolute Gasteiger partial charge is 0.338 e. The minimum absolute atomic E-state index is 0.0213. The Hall–Kier alpha value is -3.27. The second-order valence-corrected chi connectivity index (χ2v) is 5.75. The molecule has 0 N–H and O–H groups in total. The lowest BCUT2D eigenvalue weighted by molar-refractivity contribution is 0.0525. The Morgan fingerprint density at radius 1 is 0.852 bits per heavy atom. The fraction of sp³-hybridized carbons (Fsp3) is 0.174. The van der Waals surface area contributed by atoms with Crippen LogP contribution in [0.15, 0.2) is 78.8 Å². The second kappa shape index (κ2) is 9.43. The molecule has 0 aromatic heterocycles. The van der Waals surface area contributed by atoms with Crippen LogP contribution >= 0.6 is 0 Å². The van der Waals surface area contributed by atoms with Gasteiger partial charge in [0.15, 0.2) is 11.5 Å². The SMILES string of the molecule is [2H]c1cc(C(=O)OCC)c([2H])c(OCc2ccccc2)c1OCc1ccccc1. The van der Waals surface area contributed by atoms with Gasteiger partial charge in [0.1, 0.15) is 13.2 Å². The van der Waals surface area contributed by atoms with Gasteiger partial charge in [-0.1, -0.05) is 60.7 Å². The lowest BCUT2D eigenvalue weighted by Gasteiger charge is -2.14. The minimum Gasteiger partial charge on any atom is -0.485 e. The molecule has 0 aliphatic carbocycles. The van der Waals surface area contributed by atoms with Crippen molar-refractivity contribution >= 4 is 5.97 Å². The Morgan fingerprint density at radius 2 is 1.41 bits per heavy atom. The Bertz CT molecular complexity index is 960. The Morgan fingerprint density at radius 3 is 1.96 bits per heavy atom. The first-order valence-corrected chi connectivity index (χ1v) is 8.75. The van der Waals surface area contributed by atoms with E-state index in [1.54, 1.807) is 6.92 Å². The summed E-state index contributed by atoms with van der Waals surface area (Å²) in [4.78, 5) is 12.2. The molecule has 0 saturated carbocycles. The van der Waals surface area contributed by atoms with Gasteiger partial charge in [0.25, 0.3) is 0 Å². The highest BCUT2D eigenvalue weighted by Gasteiger charge is 2.13. The molecule has 0 amide bonds. The quantitative estimate of drug-likeness (QED) is 0.526. The van der Waals surface area contributed by atoms with Crippen LogP contribution in [0.4, 0.5) is 0 Å². The largest absolute Gasteiger partial charge is 0.485 e. The zero-order chi connectivity index (χ0) is 20.6. The molecular formula is C23H22O4. The van der Waals surface area contributed by atoms with Gasteiger partial charge in [-0.3, -0.25) is 0 Å². The standard InChI is InChI=1S/C23H22O4/c1-2-25-23(24)20-13-14-21(26-16-18-9-5-3-6-10-18)22(15-20)27-17-19-11-7-4-8-12-19/h3-15H,2,16-17H2,1H3/i14D,15D. The number of ether oxygens (including phenoxy) is 3. The maximum Gasteiger partial charge on any atom is 0.338 e. The molecular weight excluding hydrogens is 340 g/mol. The van der Waals surface area contributed by atoms with E-state index in [0.29, 0.717) is 0 Å². The van der Waals surface area contributed by atoms with E-state index in [0.717, 1.165) is 11.1 Å². The van der Waals surface area contributed by atoms with Crippen molar-refractivity contribution in [3.8, 4) is 11.5 Å². The van der Waals surface area contributed by atoms with E-state index in [2.05, 4.69) is 0 Å². The van der Waals surface area contributed by atoms with Crippen LogP contribution in [-0.2, 0) is 18.0 Å². The molecule has 4 nitrogen and oxygen atoms in total. The maximum absolute atomic E-state index is 12.2. The van der Waals surface area contributed by atoms with Crippen molar-refractivity contribution in [2.75, 3.05) is 6.61 Å². The van der Waals surface area contributed by atoms with Crippen LogP contribution in [0, 0.1) is 0 Å². The van der Waals surface area contributed by atoms with Gasteiger partial charge < -0.3 is 14.2 Å². The first kappa shape index (κ1) is 15.9. The molecule has 0 unspecified atom stereocenters. The van der Waals surface area contributed by atoms with Crippen molar-refractivity contribution in [1.29, 1.82) is 0 Å². The van der Waals surface area contributed by atoms with Gasteiger partial charge in [0, 0.05) is 0 Å². The van der Waals surface area contributed by atoms with Crippen LogP contribution < -0.4 is 9.47 Å². The summed E-state index contributed by atoms with van der Waals surface area (Å²) in [6, 6.07) is 20.1. The van der Waals surface area contributed by atoms with Gasteiger partial charge in [0.2, 0.25) is 0 Å². The Balaban J connectivity index is 1.93. The fourth-order valence-corrected chi connectivity index (χ4v) is 2.41. The monoisotopic (exact) mass is 364 g/mol. The van der Waals surface area contributed by atoms with E-state index in [-0.39, 0.29) is 49.0 Å². The molecule has 138 valence electrons. The van der Waals surface area contributed by atoms with E-state index in [1.165, 1.54) is 6.07 Å². The normalized spacial score (nSPS) is 11.3. The van der Waals surface area contributed by atoms with E-state index in [1.807, 2.05) is 60.7 Å². The summed E-state index contributed by atoms with van der Waals surface area (Å²) in [5.74, 6) is -0.478. The van der Waals surface area contributed by atoms with Crippen LogP contribution in [0.25, 0.3) is 0 Å². The molecule has 0 atom stereocenters. The number of esters is 1. The first-order chi connectivity index (χ1) is 14.1. The highest BCUT2D eigenvalue weighted by Crippen LogP contribution is 2.30. The molecule has 0 aliphatic rings. The molecule has 0 bridgehead atoms. The van der Waals surface area contributed by atoms with Crippen molar-refractivity contribution in [3.63, 3.8) is 0 Å². The molecule has 0 fully saturated rings. The molecule has 0 radical (unpaired) electrons. The molecule has 0 saturated heterocycles. The predicted octanol–water partition coefficient (Wildman–Crippen LogP) is 5.02. The number of carbonyl (C=O) groups excluding carboxylic acids is 1. The van der Waals surface area contributed by atoms with Crippen molar-refractivity contribution in [1.82, 2.24) is 0 Å². The molecule has 0 aliphatic heterocycles. The average Bonchev–Trinajstić information content (AvgIpc) is 2.74. The van der Waals surface area contributed by atoms with Gasteiger partial charge in [-0.15, -0.1) is 0 Å². The third-order valence-corrected chi connectivity index (χ3v) is 3.75. The fourth-order valence-electron chi connectivity index (χ4n) is 2.41. The van der Waals surface area contributed by atoms with Gasteiger partial charge in [-0.2, -0.15) is 0 Å². The number of hydrogen-bond acceptors (Lipinski definition) is 4. The average molecular weight is 364 g/mol. The first-order valence-electron chi connectivity index (χ1n) is 9.75. The van der Waals surface area contributed by atoms with E-state index < -0.39 is 5.97 Å². The maximum atomic E-state index is 12.2. The zero-order valence-electron chi connectivity index (χ0n) is 17.1. The van der Waals surface area contributed by atoms with Crippen LogP contribution in [-0.4, -0.2) is 12.6 Å². The zero-order valence-corrected chi connectivity index (χ0v) is 15.1. The van der Waals surface area contributed by atoms with Gasteiger partial charge in [-0.25, -0.2) is 4.79 Å². The van der Waals surface area contributed by atoms with Crippen molar-refractivity contribution in [2.24, 2.45) is 0 Å². The van der Waals surface area contributed by atoms with Crippen molar-refractivity contribution < 1.29 is 21.7 Å². The Kier molecular flexibility index (Phi) is 5.57. The van der Waals surface area contributed by atoms with E-state index in [9.17, 15) is 4.79 Å². The number of hydrogen-bond donors (Lipinski definition) is 0. The highest BCUT2D eigenvalue weighted by molar-refractivity contribution is 5.90. The van der Waals surface area contributed by atoms with Crippen LogP contribution in [0.3, 0.4) is 0 Å². The summed E-state index contributed by atoms with van der Waals surface area (Å²) in [6.07, 6.45) is 0. The number of rotatable bonds is 8. The summed E-state index contributed by atoms with van der Waals surface area (Å²) in [5.41, 5.74) is 1.79. The number of benzene rings is 3. The summed E-state index contributed by atoms with van der Waals surface area (Å²) < 4.78 is 33.5. The third kappa shape index (κ3) is 5.35. The van der Waals surface area contributed by atoms with Crippen LogP contribution in [0.2, 0.25) is 0 Å². The molecule has 0 spiro atoms. The summed E-state index contributed by atoms with van der Waals surface area (Å²) in [6.45, 7) is 2.26. The lowest BCUT2D eigenvalue weighted by atomic mass is 10.2. The minimum atomic E-state index is -0.662.